The second-order valence-electron chi connectivity index (χ2n) is 7.65. The van der Waals surface area contributed by atoms with E-state index in [1.165, 1.54) is 4.90 Å². The first kappa shape index (κ1) is 19.7. The number of hydrogen-bond acceptors (Lipinski definition) is 4. The van der Waals surface area contributed by atoms with Gasteiger partial charge in [-0.1, -0.05) is 37.0 Å². The van der Waals surface area contributed by atoms with Crippen LogP contribution in [0, 0.1) is 17.8 Å². The Morgan fingerprint density at radius 1 is 1.23 bits per heavy atom. The molecule has 1 aromatic carbocycles. The van der Waals surface area contributed by atoms with Crippen LogP contribution < -0.4 is 5.73 Å². The summed E-state index contributed by atoms with van der Waals surface area (Å²) in [6.07, 6.45) is 1.73. The Morgan fingerprint density at radius 3 is 2.67 bits per heavy atom. The lowest BCUT2D eigenvalue weighted by molar-refractivity contribution is -0.139. The number of likely N-dealkylation sites (tertiary alicyclic amines) is 1. The summed E-state index contributed by atoms with van der Waals surface area (Å²) in [6, 6.07) is 12.7. The van der Waals surface area contributed by atoms with Gasteiger partial charge in [0.1, 0.15) is 0 Å². The average molecular weight is 402 g/mol. The first-order valence-electron chi connectivity index (χ1n) is 9.64. The number of hydrogen-bond donors (Lipinski definition) is 2. The van der Waals surface area contributed by atoms with Crippen molar-refractivity contribution in [1.29, 1.82) is 0 Å². The molecule has 7 heteroatoms. The third-order valence-electron chi connectivity index (χ3n) is 5.94. The van der Waals surface area contributed by atoms with Crippen LogP contribution in [-0.4, -0.2) is 49.9 Å². The van der Waals surface area contributed by atoms with E-state index in [0.717, 1.165) is 11.1 Å². The van der Waals surface area contributed by atoms with Crippen LogP contribution in [0.25, 0.3) is 16.8 Å². The number of likely N-dealkylation sites (N-methyl/N-ethyl adjacent to an activating group) is 1. The van der Waals surface area contributed by atoms with Crippen molar-refractivity contribution >= 4 is 17.3 Å². The number of aromatic nitrogens is 2. The number of rotatable bonds is 2. The minimum Gasteiger partial charge on any atom is -0.369 e. The average Bonchev–Trinajstić information content (AvgIpc) is 3.21. The Kier molecular flexibility index (Phi) is 4.60. The van der Waals surface area contributed by atoms with E-state index in [4.69, 9.17) is 5.73 Å². The lowest BCUT2D eigenvalue weighted by Gasteiger charge is -2.19. The third-order valence-corrected chi connectivity index (χ3v) is 5.94. The molecule has 0 bridgehead atoms. The number of pyridine rings is 1. The lowest BCUT2D eigenvalue weighted by Crippen LogP contribution is -2.40. The van der Waals surface area contributed by atoms with Crippen LogP contribution in [0.5, 0.6) is 0 Å². The molecule has 0 radical (unpaired) electrons. The molecular weight excluding hydrogens is 380 g/mol. The number of carbonyl (C=O) groups excluding carboxylic acids is 2. The summed E-state index contributed by atoms with van der Waals surface area (Å²) in [7, 11) is 1.67. The van der Waals surface area contributed by atoms with E-state index in [2.05, 4.69) is 16.8 Å². The summed E-state index contributed by atoms with van der Waals surface area (Å²) in [5.74, 6) is 4.55. The normalized spacial score (nSPS) is 23.5. The van der Waals surface area contributed by atoms with Crippen molar-refractivity contribution in [3.63, 3.8) is 0 Å². The largest absolute Gasteiger partial charge is 0.369 e. The van der Waals surface area contributed by atoms with Gasteiger partial charge in [0.25, 0.3) is 11.8 Å². The maximum atomic E-state index is 12.5. The fourth-order valence-electron chi connectivity index (χ4n) is 3.84. The van der Waals surface area contributed by atoms with Gasteiger partial charge in [0.2, 0.25) is 11.4 Å². The molecule has 3 heterocycles. The number of aliphatic hydroxyl groups is 1. The number of carbonyl (C=O) groups is 2. The van der Waals surface area contributed by atoms with E-state index < -0.39 is 17.4 Å². The molecule has 1 aliphatic rings. The van der Waals surface area contributed by atoms with E-state index in [-0.39, 0.29) is 17.8 Å². The first-order chi connectivity index (χ1) is 14.2. The van der Waals surface area contributed by atoms with Gasteiger partial charge in [-0.05, 0) is 31.2 Å². The lowest BCUT2D eigenvalue weighted by atomic mass is 9.88. The zero-order valence-electron chi connectivity index (χ0n) is 17.0. The molecule has 7 nitrogen and oxygen atoms in total. The molecule has 3 atom stereocenters. The highest BCUT2D eigenvalue weighted by Gasteiger charge is 2.52. The molecule has 4 rings (SSSR count). The fourth-order valence-corrected chi connectivity index (χ4v) is 3.84. The molecule has 2 amide bonds. The second kappa shape index (κ2) is 7.01. The summed E-state index contributed by atoms with van der Waals surface area (Å²) >= 11 is 0. The van der Waals surface area contributed by atoms with Gasteiger partial charge in [0.15, 0.2) is 0 Å². The number of benzene rings is 1. The minimum atomic E-state index is -1.72. The number of nitrogens with zero attached hydrogens (tertiary/aromatic N) is 3. The Bertz CT molecular complexity index is 1240. The highest BCUT2D eigenvalue weighted by Crippen LogP contribution is 2.33. The number of amides is 2. The van der Waals surface area contributed by atoms with Crippen LogP contribution in [0.15, 0.2) is 48.7 Å². The van der Waals surface area contributed by atoms with Gasteiger partial charge in [-0.25, -0.2) is 4.98 Å². The molecule has 2 aromatic heterocycles. The molecule has 1 fully saturated rings. The molecule has 30 heavy (non-hydrogen) atoms. The Labute approximate surface area is 174 Å². The van der Waals surface area contributed by atoms with E-state index in [1.54, 1.807) is 29.8 Å². The zero-order chi connectivity index (χ0) is 21.6. The molecule has 3 N–H and O–H groups in total. The molecule has 0 saturated carbocycles. The van der Waals surface area contributed by atoms with E-state index in [9.17, 15) is 14.7 Å². The first-order valence-corrected chi connectivity index (χ1v) is 9.64. The van der Waals surface area contributed by atoms with Crippen molar-refractivity contribution in [2.45, 2.75) is 25.5 Å². The molecule has 0 aliphatic carbocycles. The predicted octanol–water partition coefficient (Wildman–Crippen LogP) is 1.68. The quantitative estimate of drug-likeness (QED) is 0.637. The summed E-state index contributed by atoms with van der Waals surface area (Å²) in [6.45, 7) is 3.71. The third kappa shape index (κ3) is 2.93. The van der Waals surface area contributed by atoms with Gasteiger partial charge >= 0.3 is 0 Å². The molecule has 0 unspecified atom stereocenters. The monoisotopic (exact) mass is 402 g/mol. The highest BCUT2D eigenvalue weighted by molar-refractivity contribution is 5.93. The summed E-state index contributed by atoms with van der Waals surface area (Å²) in [5.41, 5.74) is 6.48. The van der Waals surface area contributed by atoms with Crippen molar-refractivity contribution in [2.75, 3.05) is 7.05 Å². The van der Waals surface area contributed by atoms with Crippen molar-refractivity contribution < 1.29 is 14.7 Å². The van der Waals surface area contributed by atoms with Crippen molar-refractivity contribution in [2.24, 2.45) is 11.7 Å². The fraction of sp³-hybridized carbons (Fsp3) is 0.261. The van der Waals surface area contributed by atoms with E-state index in [0.29, 0.717) is 11.3 Å². The number of fused-ring (bicyclic) bond motifs is 1. The number of imidazole rings is 1. The van der Waals surface area contributed by atoms with Crippen LogP contribution in [0.4, 0.5) is 0 Å². The van der Waals surface area contributed by atoms with Crippen molar-refractivity contribution in [1.82, 2.24) is 14.3 Å². The summed E-state index contributed by atoms with van der Waals surface area (Å²) in [4.78, 5) is 30.2. The second-order valence-corrected chi connectivity index (χ2v) is 7.65. The van der Waals surface area contributed by atoms with Gasteiger partial charge < -0.3 is 15.7 Å². The van der Waals surface area contributed by atoms with Gasteiger partial charge in [-0.3, -0.25) is 14.0 Å². The number of nitrogens with two attached hydrogens (primary N) is 1. The molecule has 1 saturated heterocycles. The minimum absolute atomic E-state index is 0.104. The van der Waals surface area contributed by atoms with E-state index >= 15 is 0 Å². The Balaban J connectivity index is 1.76. The maximum absolute atomic E-state index is 12.5. The summed E-state index contributed by atoms with van der Waals surface area (Å²) in [5, 5.41) is 10.9. The van der Waals surface area contributed by atoms with Gasteiger partial charge in [-0.15, -0.1) is 0 Å². The molecular formula is C23H22N4O3. The standard InChI is InChI=1S/C23H22N4O3/c1-14-15(2)26(3)22(29)23(14,30)11-10-16-7-6-8-17(13-16)19-18-9-4-5-12-27(18)21(25-19)20(24)28/h4-9,12-15,30H,1-3H3,(H2,24,28)/t14-,15+,23+/m1/s1. The van der Waals surface area contributed by atoms with Crippen LogP contribution in [-0.2, 0) is 4.79 Å². The topological polar surface area (TPSA) is 101 Å². The molecule has 1 aliphatic heterocycles. The number of primary amides is 1. The van der Waals surface area contributed by atoms with Gasteiger partial charge in [-0.2, -0.15) is 0 Å². The van der Waals surface area contributed by atoms with Gasteiger partial charge in [0, 0.05) is 36.3 Å². The zero-order valence-corrected chi connectivity index (χ0v) is 17.0. The van der Waals surface area contributed by atoms with Crippen molar-refractivity contribution in [3.8, 4) is 23.1 Å². The van der Waals surface area contributed by atoms with E-state index in [1.807, 2.05) is 44.2 Å². The van der Waals surface area contributed by atoms with Crippen LogP contribution in [0.1, 0.15) is 30.0 Å². The van der Waals surface area contributed by atoms with Crippen LogP contribution >= 0.6 is 0 Å². The molecule has 0 spiro atoms. The summed E-state index contributed by atoms with van der Waals surface area (Å²) < 4.78 is 1.65. The Hall–Kier alpha value is -3.63. The SMILES string of the molecule is C[C@@H]1[C@H](C)N(C)C(=O)[C@]1(O)C#Cc1cccc(-c2nc(C(N)=O)n3ccccc23)c1. The molecule has 152 valence electrons. The Morgan fingerprint density at radius 2 is 2.00 bits per heavy atom. The van der Waals surface area contributed by atoms with Crippen LogP contribution in [0.2, 0.25) is 0 Å². The van der Waals surface area contributed by atoms with Crippen LogP contribution in [0.3, 0.4) is 0 Å². The predicted molar refractivity (Wildman–Crippen MR) is 112 cm³/mol. The van der Waals surface area contributed by atoms with Gasteiger partial charge in [0.05, 0.1) is 11.2 Å². The van der Waals surface area contributed by atoms with Crippen molar-refractivity contribution in [3.05, 3.63) is 60.0 Å². The highest BCUT2D eigenvalue weighted by atomic mass is 16.3. The smallest absolute Gasteiger partial charge is 0.285 e. The molecule has 3 aromatic rings. The maximum Gasteiger partial charge on any atom is 0.285 e.